The summed E-state index contributed by atoms with van der Waals surface area (Å²) in [5.74, 6) is 1.84. The fraction of sp³-hybridized carbons (Fsp3) is 0.0732. The Morgan fingerprint density at radius 2 is 1.21 bits per heavy atom. The lowest BCUT2D eigenvalue weighted by Gasteiger charge is -2.24. The van der Waals surface area contributed by atoms with Crippen molar-refractivity contribution < 1.29 is 4.74 Å². The van der Waals surface area contributed by atoms with Gasteiger partial charge in [0.1, 0.15) is 11.5 Å². The van der Waals surface area contributed by atoms with Gasteiger partial charge in [-0.05, 0) is 90.5 Å². The molecule has 0 atom stereocenters. The van der Waals surface area contributed by atoms with Crippen LogP contribution in [-0.2, 0) is 5.41 Å². The van der Waals surface area contributed by atoms with Gasteiger partial charge in [0.25, 0.3) is 0 Å². The predicted octanol–water partition coefficient (Wildman–Crippen LogP) is 11.4. The maximum atomic E-state index is 6.38. The van der Waals surface area contributed by atoms with E-state index in [1.165, 1.54) is 71.6 Å². The summed E-state index contributed by atoms with van der Waals surface area (Å²) in [4.78, 5) is 0. The zero-order valence-electron chi connectivity index (χ0n) is 23.6. The third kappa shape index (κ3) is 3.14. The lowest BCUT2D eigenvalue weighted by Crippen LogP contribution is -2.14. The summed E-state index contributed by atoms with van der Waals surface area (Å²) < 4.78 is 6.38. The minimum atomic E-state index is -0.0787. The summed E-state index contributed by atoms with van der Waals surface area (Å²) in [6.07, 6.45) is 0. The predicted molar refractivity (Wildman–Crippen MR) is 175 cm³/mol. The largest absolute Gasteiger partial charge is 0.456 e. The van der Waals surface area contributed by atoms with E-state index in [1.807, 2.05) is 6.07 Å². The van der Waals surface area contributed by atoms with Crippen molar-refractivity contribution in [2.24, 2.45) is 0 Å². The molecule has 0 spiro atoms. The second kappa shape index (κ2) is 8.44. The van der Waals surface area contributed by atoms with Crippen LogP contribution in [0.3, 0.4) is 0 Å². The summed E-state index contributed by atoms with van der Waals surface area (Å²) in [6.45, 7) is 4.73. The van der Waals surface area contributed by atoms with E-state index in [0.717, 1.165) is 17.1 Å². The molecule has 1 heteroatoms. The number of para-hydroxylation sites is 1. The van der Waals surface area contributed by atoms with Gasteiger partial charge in [-0.15, -0.1) is 0 Å². The molecule has 0 radical (unpaired) electrons. The second-order valence-corrected chi connectivity index (χ2v) is 12.1. The molecular formula is C41H28O. The van der Waals surface area contributed by atoms with Crippen LogP contribution in [-0.4, -0.2) is 0 Å². The zero-order chi connectivity index (χ0) is 28.0. The molecule has 0 bridgehead atoms. The smallest absolute Gasteiger partial charge is 0.135 e. The minimum absolute atomic E-state index is 0.0787. The summed E-state index contributed by atoms with van der Waals surface area (Å²) in [5, 5.41) is 4.96. The van der Waals surface area contributed by atoms with Gasteiger partial charge in [-0.3, -0.25) is 0 Å². The lowest BCUT2D eigenvalue weighted by molar-refractivity contribution is 0.487. The maximum Gasteiger partial charge on any atom is 0.135 e. The Balaban J connectivity index is 1.32. The first-order chi connectivity index (χ1) is 20.6. The Bertz CT molecular complexity index is 2240. The first kappa shape index (κ1) is 23.6. The molecule has 0 saturated heterocycles. The molecule has 0 amide bonds. The molecule has 198 valence electrons. The monoisotopic (exact) mass is 536 g/mol. The van der Waals surface area contributed by atoms with Gasteiger partial charge in [-0.1, -0.05) is 123 Å². The van der Waals surface area contributed by atoms with Crippen LogP contribution in [0.25, 0.3) is 66.1 Å². The van der Waals surface area contributed by atoms with Gasteiger partial charge < -0.3 is 4.74 Å². The molecule has 1 aliphatic carbocycles. The highest BCUT2D eigenvalue weighted by atomic mass is 16.5. The standard InChI is InChI=1S/C41H28O/c1-41(2)34-17-8-6-14-33(34)40-35(41)24-27-23-26(19-20-29(27)38(40)25-11-4-3-5-12-25)28-21-22-37-39-31(28)15-10-16-32(39)30-13-7-9-18-36(30)42-37/h3-24H,1-2H3. The molecule has 0 saturated carbocycles. The van der Waals surface area contributed by atoms with Crippen molar-refractivity contribution in [3.8, 4) is 56.0 Å². The molecule has 0 aromatic heterocycles. The van der Waals surface area contributed by atoms with Crippen LogP contribution in [0.1, 0.15) is 25.0 Å². The van der Waals surface area contributed by atoms with Gasteiger partial charge >= 0.3 is 0 Å². The molecule has 9 rings (SSSR count). The second-order valence-electron chi connectivity index (χ2n) is 12.1. The zero-order valence-corrected chi connectivity index (χ0v) is 23.6. The fourth-order valence-electron chi connectivity index (χ4n) is 7.48. The van der Waals surface area contributed by atoms with Gasteiger partial charge in [0, 0.05) is 16.4 Å². The van der Waals surface area contributed by atoms with Crippen LogP contribution >= 0.6 is 0 Å². The Kier molecular flexibility index (Phi) is 4.73. The van der Waals surface area contributed by atoms with Crippen molar-refractivity contribution in [3.63, 3.8) is 0 Å². The molecule has 7 aromatic carbocycles. The Morgan fingerprint density at radius 3 is 2.10 bits per heavy atom. The van der Waals surface area contributed by atoms with Crippen molar-refractivity contribution in [1.29, 1.82) is 0 Å². The SMILES string of the molecule is CC1(C)c2ccccc2-c2c1cc1cc(-c3ccc4c5c(cccc35)-c3ccccc3O4)ccc1c2-c1ccccc1. The van der Waals surface area contributed by atoms with Crippen LogP contribution in [0.4, 0.5) is 0 Å². The molecule has 7 aromatic rings. The van der Waals surface area contributed by atoms with E-state index in [2.05, 4.69) is 141 Å². The minimum Gasteiger partial charge on any atom is -0.456 e. The number of benzene rings is 7. The normalized spacial score (nSPS) is 13.9. The molecule has 0 fully saturated rings. The molecule has 1 nitrogen and oxygen atoms in total. The van der Waals surface area contributed by atoms with Crippen molar-refractivity contribution in [2.45, 2.75) is 19.3 Å². The summed E-state index contributed by atoms with van der Waals surface area (Å²) in [7, 11) is 0. The highest BCUT2D eigenvalue weighted by molar-refractivity contribution is 6.12. The fourth-order valence-corrected chi connectivity index (χ4v) is 7.48. The highest BCUT2D eigenvalue weighted by Gasteiger charge is 2.37. The van der Waals surface area contributed by atoms with E-state index in [0.29, 0.717) is 0 Å². The number of hydrogen-bond acceptors (Lipinski definition) is 1. The molecule has 1 aliphatic heterocycles. The lowest BCUT2D eigenvalue weighted by atomic mass is 9.80. The van der Waals surface area contributed by atoms with E-state index < -0.39 is 0 Å². The molecule has 2 aliphatic rings. The molecule has 42 heavy (non-hydrogen) atoms. The Hall–Kier alpha value is -5.14. The maximum absolute atomic E-state index is 6.38. The third-order valence-corrected chi connectivity index (χ3v) is 9.46. The van der Waals surface area contributed by atoms with E-state index in [1.54, 1.807) is 0 Å². The third-order valence-electron chi connectivity index (χ3n) is 9.46. The highest BCUT2D eigenvalue weighted by Crippen LogP contribution is 2.55. The van der Waals surface area contributed by atoms with Crippen LogP contribution < -0.4 is 4.74 Å². The van der Waals surface area contributed by atoms with Gasteiger partial charge in [0.05, 0.1) is 0 Å². The van der Waals surface area contributed by atoms with Gasteiger partial charge in [0.15, 0.2) is 0 Å². The number of hydrogen-bond donors (Lipinski definition) is 0. The van der Waals surface area contributed by atoms with Crippen molar-refractivity contribution in [3.05, 3.63) is 145 Å². The van der Waals surface area contributed by atoms with Gasteiger partial charge in [-0.2, -0.15) is 0 Å². The van der Waals surface area contributed by atoms with Crippen LogP contribution in [0.2, 0.25) is 0 Å². The summed E-state index contributed by atoms with van der Waals surface area (Å²) in [5.41, 5.74) is 12.9. The van der Waals surface area contributed by atoms with E-state index in [-0.39, 0.29) is 5.41 Å². The van der Waals surface area contributed by atoms with E-state index >= 15 is 0 Å². The quantitative estimate of drug-likeness (QED) is 0.213. The summed E-state index contributed by atoms with van der Waals surface area (Å²) >= 11 is 0. The van der Waals surface area contributed by atoms with Crippen molar-refractivity contribution in [2.75, 3.05) is 0 Å². The van der Waals surface area contributed by atoms with E-state index in [4.69, 9.17) is 4.74 Å². The van der Waals surface area contributed by atoms with Crippen molar-refractivity contribution in [1.82, 2.24) is 0 Å². The number of rotatable bonds is 2. The van der Waals surface area contributed by atoms with E-state index in [9.17, 15) is 0 Å². The van der Waals surface area contributed by atoms with Crippen LogP contribution in [0.5, 0.6) is 11.5 Å². The Morgan fingerprint density at radius 1 is 0.452 bits per heavy atom. The summed E-state index contributed by atoms with van der Waals surface area (Å²) in [6, 6.07) is 48.6. The average molecular weight is 537 g/mol. The first-order valence-corrected chi connectivity index (χ1v) is 14.7. The molecular weight excluding hydrogens is 508 g/mol. The van der Waals surface area contributed by atoms with Crippen LogP contribution in [0.15, 0.2) is 133 Å². The topological polar surface area (TPSA) is 9.23 Å². The Labute approximate surface area is 245 Å². The van der Waals surface area contributed by atoms with Crippen LogP contribution in [0, 0.1) is 0 Å². The number of fused-ring (bicyclic) bond motifs is 6. The molecule has 0 unspecified atom stereocenters. The average Bonchev–Trinajstić information content (AvgIpc) is 3.26. The number of ether oxygens (including phenoxy) is 1. The van der Waals surface area contributed by atoms with Gasteiger partial charge in [0.2, 0.25) is 0 Å². The first-order valence-electron chi connectivity index (χ1n) is 14.7. The molecule has 1 heterocycles. The van der Waals surface area contributed by atoms with Crippen molar-refractivity contribution >= 4 is 21.5 Å². The van der Waals surface area contributed by atoms with Gasteiger partial charge in [-0.25, -0.2) is 0 Å². The molecule has 0 N–H and O–H groups in total.